The van der Waals surface area contributed by atoms with Crippen LogP contribution in [0.3, 0.4) is 0 Å². The summed E-state index contributed by atoms with van der Waals surface area (Å²) in [6.45, 7) is 0.479. The van der Waals surface area contributed by atoms with Crippen LogP contribution < -0.4 is 5.69 Å². The van der Waals surface area contributed by atoms with Gasteiger partial charge in [-0.15, -0.1) is 11.3 Å². The summed E-state index contributed by atoms with van der Waals surface area (Å²) in [5.74, 6) is 0. The second-order valence-electron chi connectivity index (χ2n) is 6.05. The van der Waals surface area contributed by atoms with Gasteiger partial charge in [-0.3, -0.25) is 4.57 Å². The van der Waals surface area contributed by atoms with Gasteiger partial charge in [0, 0.05) is 15.8 Å². The minimum Gasteiger partial charge on any atom is -0.276 e. The third kappa shape index (κ3) is 3.21. The van der Waals surface area contributed by atoms with Gasteiger partial charge in [-0.1, -0.05) is 18.2 Å². The van der Waals surface area contributed by atoms with Gasteiger partial charge in [-0.2, -0.15) is 5.10 Å². The fourth-order valence-electron chi connectivity index (χ4n) is 2.80. The lowest BCUT2D eigenvalue weighted by molar-refractivity contribution is 0.602. The van der Waals surface area contributed by atoms with Crippen molar-refractivity contribution in [2.45, 2.75) is 11.4 Å². The molecule has 0 aliphatic heterocycles. The van der Waals surface area contributed by atoms with Crippen LogP contribution in [-0.2, 0) is 16.4 Å². The minimum absolute atomic E-state index is 0.228. The van der Waals surface area contributed by atoms with Crippen molar-refractivity contribution >= 4 is 31.3 Å². The first-order valence-electron chi connectivity index (χ1n) is 7.83. The molecule has 0 amide bonds. The van der Waals surface area contributed by atoms with E-state index in [2.05, 4.69) is 22.3 Å². The number of aromatic amines is 1. The highest BCUT2D eigenvalue weighted by atomic mass is 32.2. The molecule has 0 aliphatic rings. The number of sulfone groups is 1. The van der Waals surface area contributed by atoms with Crippen molar-refractivity contribution < 1.29 is 8.42 Å². The van der Waals surface area contributed by atoms with E-state index >= 15 is 0 Å². The monoisotopic (exact) mass is 385 g/mol. The van der Waals surface area contributed by atoms with Crippen molar-refractivity contribution in [1.82, 2.24) is 14.8 Å². The first kappa shape index (κ1) is 16.7. The molecule has 8 heteroatoms. The Bertz CT molecular complexity index is 1250. The van der Waals surface area contributed by atoms with E-state index in [0.29, 0.717) is 11.4 Å². The standard InChI is InChI=1S/C18H15N3O3S2/c1-26(23,24)16-5-2-12(3-6-16)13-4-7-17-14(8-13)9-15(25-17)10-21-11-19-20-18(21)22/h2-9,11H,10H2,1H3,(H,20,22). The summed E-state index contributed by atoms with van der Waals surface area (Å²) in [7, 11) is -3.20. The number of fused-ring (bicyclic) bond motifs is 1. The summed E-state index contributed by atoms with van der Waals surface area (Å²) in [6, 6.07) is 15.1. The summed E-state index contributed by atoms with van der Waals surface area (Å²) in [5, 5.41) is 7.21. The molecule has 0 saturated heterocycles. The lowest BCUT2D eigenvalue weighted by Gasteiger charge is -2.04. The number of rotatable bonds is 4. The Labute approximate surface area is 153 Å². The molecule has 0 radical (unpaired) electrons. The average molecular weight is 385 g/mol. The van der Waals surface area contributed by atoms with Crippen LogP contribution >= 0.6 is 11.3 Å². The highest BCUT2D eigenvalue weighted by Crippen LogP contribution is 2.31. The maximum Gasteiger partial charge on any atom is 0.343 e. The van der Waals surface area contributed by atoms with Gasteiger partial charge < -0.3 is 0 Å². The molecule has 132 valence electrons. The molecule has 6 nitrogen and oxygen atoms in total. The molecule has 4 rings (SSSR count). The van der Waals surface area contributed by atoms with Gasteiger partial charge in [-0.05, 0) is 46.8 Å². The quantitative estimate of drug-likeness (QED) is 0.585. The van der Waals surface area contributed by atoms with Crippen LogP contribution in [0, 0.1) is 0 Å². The molecule has 0 unspecified atom stereocenters. The van der Waals surface area contributed by atoms with Crippen molar-refractivity contribution in [3.05, 3.63) is 70.2 Å². The smallest absolute Gasteiger partial charge is 0.276 e. The summed E-state index contributed by atoms with van der Waals surface area (Å²) in [5.41, 5.74) is 1.74. The van der Waals surface area contributed by atoms with Crippen molar-refractivity contribution in [2.24, 2.45) is 0 Å². The summed E-state index contributed by atoms with van der Waals surface area (Å²) in [4.78, 5) is 13.0. The van der Waals surface area contributed by atoms with Gasteiger partial charge >= 0.3 is 5.69 Å². The van der Waals surface area contributed by atoms with E-state index in [9.17, 15) is 13.2 Å². The van der Waals surface area contributed by atoms with E-state index < -0.39 is 9.84 Å². The Morgan fingerprint density at radius 2 is 1.81 bits per heavy atom. The van der Waals surface area contributed by atoms with Crippen LogP contribution in [0.15, 0.2) is 64.5 Å². The van der Waals surface area contributed by atoms with E-state index in [-0.39, 0.29) is 5.69 Å². The van der Waals surface area contributed by atoms with Gasteiger partial charge in [0.1, 0.15) is 6.33 Å². The van der Waals surface area contributed by atoms with Crippen molar-refractivity contribution in [2.75, 3.05) is 6.26 Å². The van der Waals surface area contributed by atoms with Gasteiger partial charge in [0.15, 0.2) is 9.84 Å². The fraction of sp³-hybridized carbons (Fsp3) is 0.111. The molecule has 0 aliphatic carbocycles. The predicted octanol–water partition coefficient (Wildman–Crippen LogP) is 2.90. The molecule has 1 N–H and O–H groups in total. The van der Waals surface area contributed by atoms with Crippen molar-refractivity contribution in [3.8, 4) is 11.1 Å². The molecular formula is C18H15N3O3S2. The third-order valence-electron chi connectivity index (χ3n) is 4.13. The molecule has 0 bridgehead atoms. The van der Waals surface area contributed by atoms with Crippen LogP contribution in [0.2, 0.25) is 0 Å². The summed E-state index contributed by atoms with van der Waals surface area (Å²) >= 11 is 1.63. The maximum atomic E-state index is 11.6. The molecule has 0 saturated carbocycles. The fourth-order valence-corrected chi connectivity index (χ4v) is 4.48. The first-order chi connectivity index (χ1) is 12.4. The number of thiophene rings is 1. The zero-order valence-electron chi connectivity index (χ0n) is 13.8. The van der Waals surface area contributed by atoms with Gasteiger partial charge in [-0.25, -0.2) is 18.3 Å². The second kappa shape index (κ2) is 6.22. The van der Waals surface area contributed by atoms with Crippen LogP contribution in [0.1, 0.15) is 4.88 Å². The zero-order chi connectivity index (χ0) is 18.3. The van der Waals surface area contributed by atoms with Gasteiger partial charge in [0.05, 0.1) is 11.4 Å². The van der Waals surface area contributed by atoms with Crippen LogP contribution in [0.5, 0.6) is 0 Å². The molecule has 0 spiro atoms. The molecular weight excluding hydrogens is 370 g/mol. The van der Waals surface area contributed by atoms with E-state index in [1.165, 1.54) is 17.2 Å². The predicted molar refractivity (Wildman–Crippen MR) is 102 cm³/mol. The number of benzene rings is 2. The number of aromatic nitrogens is 3. The minimum atomic E-state index is -3.20. The zero-order valence-corrected chi connectivity index (χ0v) is 15.5. The van der Waals surface area contributed by atoms with Gasteiger partial charge in [0.2, 0.25) is 0 Å². The molecule has 0 fully saturated rings. The molecule has 26 heavy (non-hydrogen) atoms. The second-order valence-corrected chi connectivity index (χ2v) is 9.24. The molecule has 4 aromatic rings. The largest absolute Gasteiger partial charge is 0.343 e. The SMILES string of the molecule is CS(=O)(=O)c1ccc(-c2ccc3sc(Cn4cn[nH]c4=O)cc3c2)cc1. The number of hydrogen-bond donors (Lipinski definition) is 1. The maximum absolute atomic E-state index is 11.6. The first-order valence-corrected chi connectivity index (χ1v) is 10.5. The van der Waals surface area contributed by atoms with E-state index in [1.54, 1.807) is 23.5 Å². The summed E-state index contributed by atoms with van der Waals surface area (Å²) in [6.07, 6.45) is 2.69. The Kier molecular flexibility index (Phi) is 4.01. The van der Waals surface area contributed by atoms with Gasteiger partial charge in [0.25, 0.3) is 0 Å². The number of H-pyrrole nitrogens is 1. The molecule has 0 atom stereocenters. The number of nitrogens with one attached hydrogen (secondary N) is 1. The van der Waals surface area contributed by atoms with E-state index in [1.807, 2.05) is 24.3 Å². The molecule has 2 aromatic heterocycles. The normalized spacial score (nSPS) is 11.9. The molecule has 2 heterocycles. The Morgan fingerprint density at radius 1 is 1.08 bits per heavy atom. The highest BCUT2D eigenvalue weighted by molar-refractivity contribution is 7.90. The van der Waals surface area contributed by atoms with E-state index in [0.717, 1.165) is 26.1 Å². The topological polar surface area (TPSA) is 84.8 Å². The van der Waals surface area contributed by atoms with E-state index in [4.69, 9.17) is 0 Å². The lowest BCUT2D eigenvalue weighted by Crippen LogP contribution is -2.16. The van der Waals surface area contributed by atoms with Crippen molar-refractivity contribution in [1.29, 1.82) is 0 Å². The van der Waals surface area contributed by atoms with Crippen LogP contribution in [-0.4, -0.2) is 29.4 Å². The number of nitrogens with zero attached hydrogens (tertiary/aromatic N) is 2. The summed E-state index contributed by atoms with van der Waals surface area (Å²) < 4.78 is 25.8. The highest BCUT2D eigenvalue weighted by Gasteiger charge is 2.09. The third-order valence-corrected chi connectivity index (χ3v) is 6.36. The number of hydrogen-bond acceptors (Lipinski definition) is 5. The Morgan fingerprint density at radius 3 is 2.46 bits per heavy atom. The van der Waals surface area contributed by atoms with Crippen LogP contribution in [0.25, 0.3) is 21.2 Å². The lowest BCUT2D eigenvalue weighted by atomic mass is 10.0. The average Bonchev–Trinajstić information content (AvgIpc) is 3.19. The Hall–Kier alpha value is -2.71. The van der Waals surface area contributed by atoms with Crippen molar-refractivity contribution in [3.63, 3.8) is 0 Å². The van der Waals surface area contributed by atoms with Crippen LogP contribution in [0.4, 0.5) is 0 Å². The Balaban J connectivity index is 1.67. The molecule has 2 aromatic carbocycles.